The fourth-order valence-electron chi connectivity index (χ4n) is 2.94. The number of carbonyl (C=O) groups is 1. The molecule has 5 nitrogen and oxygen atoms in total. The molecule has 0 unspecified atom stereocenters. The SMILES string of the molecule is CCCCC[C@H]1CC(=O)O[C@@H]1CCOS(=O)(=O)c1ccc(C)cc1. The molecule has 1 heterocycles. The molecule has 1 aliphatic rings. The molecule has 0 radical (unpaired) electrons. The third kappa shape index (κ3) is 5.31. The van der Waals surface area contributed by atoms with Crippen LogP contribution in [-0.4, -0.2) is 27.1 Å². The van der Waals surface area contributed by atoms with Gasteiger partial charge in [0.2, 0.25) is 0 Å². The van der Waals surface area contributed by atoms with Crippen molar-refractivity contribution in [3.05, 3.63) is 29.8 Å². The maximum atomic E-state index is 12.1. The van der Waals surface area contributed by atoms with Crippen molar-refractivity contribution in [2.45, 2.75) is 63.4 Å². The van der Waals surface area contributed by atoms with Crippen LogP contribution in [0, 0.1) is 12.8 Å². The predicted molar refractivity (Wildman–Crippen MR) is 91.1 cm³/mol. The summed E-state index contributed by atoms with van der Waals surface area (Å²) >= 11 is 0. The van der Waals surface area contributed by atoms with E-state index in [0.717, 1.165) is 31.2 Å². The highest BCUT2D eigenvalue weighted by Gasteiger charge is 2.34. The molecule has 1 aliphatic heterocycles. The van der Waals surface area contributed by atoms with Gasteiger partial charge >= 0.3 is 5.97 Å². The normalized spacial score (nSPS) is 21.0. The Labute approximate surface area is 144 Å². The minimum Gasteiger partial charge on any atom is -0.462 e. The van der Waals surface area contributed by atoms with E-state index in [1.807, 2.05) is 6.92 Å². The van der Waals surface area contributed by atoms with Crippen molar-refractivity contribution < 1.29 is 22.1 Å². The Morgan fingerprint density at radius 1 is 1.17 bits per heavy atom. The average molecular weight is 354 g/mol. The molecule has 1 saturated heterocycles. The molecule has 2 rings (SSSR count). The van der Waals surface area contributed by atoms with Crippen LogP contribution in [0.15, 0.2) is 29.2 Å². The van der Waals surface area contributed by atoms with Crippen LogP contribution in [0.1, 0.15) is 51.0 Å². The first-order valence-corrected chi connectivity index (χ1v) is 9.99. The lowest BCUT2D eigenvalue weighted by molar-refractivity contribution is -0.141. The lowest BCUT2D eigenvalue weighted by Crippen LogP contribution is -2.20. The number of cyclic esters (lactones) is 1. The van der Waals surface area contributed by atoms with Crippen molar-refractivity contribution in [3.63, 3.8) is 0 Å². The summed E-state index contributed by atoms with van der Waals surface area (Å²) in [4.78, 5) is 11.7. The van der Waals surface area contributed by atoms with Crippen LogP contribution in [-0.2, 0) is 23.8 Å². The molecule has 1 aromatic carbocycles. The van der Waals surface area contributed by atoms with Crippen LogP contribution in [0.2, 0.25) is 0 Å². The van der Waals surface area contributed by atoms with Gasteiger partial charge in [-0.25, -0.2) is 0 Å². The first-order valence-electron chi connectivity index (χ1n) is 8.58. The molecule has 0 aliphatic carbocycles. The number of hydrogen-bond donors (Lipinski definition) is 0. The van der Waals surface area contributed by atoms with Gasteiger partial charge in [-0.3, -0.25) is 8.98 Å². The van der Waals surface area contributed by atoms with E-state index in [0.29, 0.717) is 12.8 Å². The maximum absolute atomic E-state index is 12.1. The second-order valence-corrected chi connectivity index (χ2v) is 7.98. The topological polar surface area (TPSA) is 69.7 Å². The minimum atomic E-state index is -3.76. The van der Waals surface area contributed by atoms with Crippen LogP contribution in [0.4, 0.5) is 0 Å². The zero-order valence-corrected chi connectivity index (χ0v) is 15.2. The molecule has 2 atom stereocenters. The number of carbonyl (C=O) groups excluding carboxylic acids is 1. The summed E-state index contributed by atoms with van der Waals surface area (Å²) in [6, 6.07) is 6.54. The van der Waals surface area contributed by atoms with Crippen LogP contribution < -0.4 is 0 Å². The molecule has 1 aromatic rings. The number of benzene rings is 1. The van der Waals surface area contributed by atoms with Gasteiger partial charge in [-0.1, -0.05) is 43.9 Å². The van der Waals surface area contributed by atoms with Crippen LogP contribution in [0.3, 0.4) is 0 Å². The van der Waals surface area contributed by atoms with Crippen LogP contribution in [0.5, 0.6) is 0 Å². The number of rotatable bonds is 9. The fourth-order valence-corrected chi connectivity index (χ4v) is 3.87. The summed E-state index contributed by atoms with van der Waals surface area (Å²) in [5.74, 6) is -0.0161. The smallest absolute Gasteiger partial charge is 0.306 e. The Hall–Kier alpha value is -1.40. The highest BCUT2D eigenvalue weighted by molar-refractivity contribution is 7.86. The number of unbranched alkanes of at least 4 members (excludes halogenated alkanes) is 2. The molecule has 0 saturated carbocycles. The van der Waals surface area contributed by atoms with E-state index in [1.54, 1.807) is 12.1 Å². The largest absolute Gasteiger partial charge is 0.462 e. The zero-order valence-electron chi connectivity index (χ0n) is 14.4. The van der Waals surface area contributed by atoms with Crippen molar-refractivity contribution in [1.29, 1.82) is 0 Å². The van der Waals surface area contributed by atoms with E-state index in [4.69, 9.17) is 8.92 Å². The zero-order chi connectivity index (χ0) is 17.6. The summed E-state index contributed by atoms with van der Waals surface area (Å²) in [5.41, 5.74) is 0.988. The van der Waals surface area contributed by atoms with Gasteiger partial charge < -0.3 is 4.74 Å². The number of esters is 1. The van der Waals surface area contributed by atoms with Gasteiger partial charge in [-0.15, -0.1) is 0 Å². The Kier molecular flexibility index (Phi) is 6.80. The first kappa shape index (κ1) is 18.9. The van der Waals surface area contributed by atoms with Gasteiger partial charge in [0, 0.05) is 12.3 Å². The van der Waals surface area contributed by atoms with E-state index >= 15 is 0 Å². The first-order chi connectivity index (χ1) is 11.4. The standard InChI is InChI=1S/C18H26O5S/c1-3-4-5-6-15-13-18(19)23-17(15)11-12-22-24(20,21)16-9-7-14(2)8-10-16/h7-10,15,17H,3-6,11-13H2,1-2H3/t15-,17+/m0/s1. The van der Waals surface area contributed by atoms with Gasteiger partial charge in [0.1, 0.15) is 6.10 Å². The quantitative estimate of drug-likeness (QED) is 0.385. The predicted octanol–water partition coefficient (Wildman–Crippen LogP) is 3.60. The van der Waals surface area contributed by atoms with E-state index in [2.05, 4.69) is 6.92 Å². The lowest BCUT2D eigenvalue weighted by atomic mass is 9.93. The molecule has 0 aromatic heterocycles. The molecule has 0 bridgehead atoms. The summed E-state index contributed by atoms with van der Waals surface area (Å²) in [7, 11) is -3.76. The summed E-state index contributed by atoms with van der Waals surface area (Å²) in [6.45, 7) is 4.06. The van der Waals surface area contributed by atoms with Crippen molar-refractivity contribution in [1.82, 2.24) is 0 Å². The second-order valence-electron chi connectivity index (χ2n) is 6.37. The Morgan fingerprint density at radius 2 is 1.88 bits per heavy atom. The van der Waals surface area contributed by atoms with Gasteiger partial charge in [-0.05, 0) is 25.5 Å². The Morgan fingerprint density at radius 3 is 2.54 bits per heavy atom. The third-order valence-electron chi connectivity index (χ3n) is 4.37. The molecule has 0 amide bonds. The number of aryl methyl sites for hydroxylation is 1. The molecule has 24 heavy (non-hydrogen) atoms. The second kappa shape index (κ2) is 8.62. The van der Waals surface area contributed by atoms with E-state index in [1.165, 1.54) is 12.1 Å². The van der Waals surface area contributed by atoms with Crippen LogP contribution >= 0.6 is 0 Å². The molecular formula is C18H26O5S. The van der Waals surface area contributed by atoms with Gasteiger partial charge in [0.25, 0.3) is 10.1 Å². The van der Waals surface area contributed by atoms with Gasteiger partial charge in [-0.2, -0.15) is 8.42 Å². The molecule has 6 heteroatoms. The number of ether oxygens (including phenoxy) is 1. The Balaban J connectivity index is 1.85. The molecule has 1 fully saturated rings. The Bertz CT molecular complexity index is 636. The van der Waals surface area contributed by atoms with E-state index in [9.17, 15) is 13.2 Å². The van der Waals surface area contributed by atoms with E-state index < -0.39 is 10.1 Å². The summed E-state index contributed by atoms with van der Waals surface area (Å²) < 4.78 is 34.7. The van der Waals surface area contributed by atoms with Crippen molar-refractivity contribution in [2.75, 3.05) is 6.61 Å². The molecule has 134 valence electrons. The van der Waals surface area contributed by atoms with Crippen molar-refractivity contribution >= 4 is 16.1 Å². The molecular weight excluding hydrogens is 328 g/mol. The maximum Gasteiger partial charge on any atom is 0.306 e. The fraction of sp³-hybridized carbons (Fsp3) is 0.611. The van der Waals surface area contributed by atoms with E-state index in [-0.39, 0.29) is 29.5 Å². The van der Waals surface area contributed by atoms with Gasteiger partial charge in [0.15, 0.2) is 0 Å². The highest BCUT2D eigenvalue weighted by atomic mass is 32.2. The minimum absolute atomic E-state index is 0.0262. The number of hydrogen-bond acceptors (Lipinski definition) is 5. The van der Waals surface area contributed by atoms with Crippen molar-refractivity contribution in [3.8, 4) is 0 Å². The van der Waals surface area contributed by atoms with Crippen LogP contribution in [0.25, 0.3) is 0 Å². The lowest BCUT2D eigenvalue weighted by Gasteiger charge is -2.17. The monoisotopic (exact) mass is 354 g/mol. The molecule has 0 N–H and O–H groups in total. The summed E-state index contributed by atoms with van der Waals surface area (Å²) in [5, 5.41) is 0. The van der Waals surface area contributed by atoms with Gasteiger partial charge in [0.05, 0.1) is 17.9 Å². The summed E-state index contributed by atoms with van der Waals surface area (Å²) in [6.07, 6.45) is 4.88. The molecule has 0 spiro atoms. The third-order valence-corrected chi connectivity index (χ3v) is 5.69. The highest BCUT2D eigenvalue weighted by Crippen LogP contribution is 2.29. The van der Waals surface area contributed by atoms with Crippen molar-refractivity contribution in [2.24, 2.45) is 5.92 Å². The average Bonchev–Trinajstić information content (AvgIpc) is 2.88.